The Morgan fingerprint density at radius 1 is 1.08 bits per heavy atom. The van der Waals surface area contributed by atoms with E-state index < -0.39 is 33.7 Å². The number of hydrogen-bond acceptors (Lipinski definition) is 6. The molecule has 1 aliphatic rings. The van der Waals surface area contributed by atoms with Crippen molar-refractivity contribution in [2.75, 3.05) is 22.7 Å². The van der Waals surface area contributed by atoms with Crippen LogP contribution in [-0.2, 0) is 21.0 Å². The van der Waals surface area contributed by atoms with Crippen molar-refractivity contribution in [2.45, 2.75) is 43.8 Å². The van der Waals surface area contributed by atoms with Crippen molar-refractivity contribution in [3.05, 3.63) is 65.7 Å². The van der Waals surface area contributed by atoms with E-state index >= 15 is 0 Å². The molecule has 2 aromatic heterocycles. The highest BCUT2D eigenvalue weighted by Crippen LogP contribution is 2.39. The minimum atomic E-state index is -4.71. The van der Waals surface area contributed by atoms with Gasteiger partial charge in [-0.1, -0.05) is 44.2 Å². The van der Waals surface area contributed by atoms with E-state index in [1.54, 1.807) is 29.2 Å². The van der Waals surface area contributed by atoms with Crippen LogP contribution < -0.4 is 9.62 Å². The summed E-state index contributed by atoms with van der Waals surface area (Å²) < 4.78 is 70.2. The second-order valence-corrected chi connectivity index (χ2v) is 11.0. The predicted octanol–water partition coefficient (Wildman–Crippen LogP) is 5.39. The van der Waals surface area contributed by atoms with Crippen molar-refractivity contribution in [1.29, 1.82) is 0 Å². The highest BCUT2D eigenvalue weighted by molar-refractivity contribution is 7.92. The van der Waals surface area contributed by atoms with E-state index in [4.69, 9.17) is 0 Å². The molecular weight excluding hydrogens is 521 g/mol. The number of anilines is 2. The molecule has 1 saturated heterocycles. The molecule has 0 bridgehead atoms. The molecule has 38 heavy (non-hydrogen) atoms. The molecule has 0 aliphatic carbocycles. The Morgan fingerprint density at radius 3 is 2.50 bits per heavy atom. The monoisotopic (exact) mass is 548 g/mol. The number of nitrogens with zero attached hydrogens (tertiary/aromatic N) is 3. The van der Waals surface area contributed by atoms with Gasteiger partial charge in [-0.05, 0) is 48.6 Å². The van der Waals surface area contributed by atoms with Crippen LogP contribution in [0.3, 0.4) is 0 Å². The summed E-state index contributed by atoms with van der Waals surface area (Å²) >= 11 is 0. The fourth-order valence-corrected chi connectivity index (χ4v) is 5.44. The minimum Gasteiger partial charge on any atom is -0.481 e. The smallest absolute Gasteiger partial charge is 0.418 e. The first-order valence-electron chi connectivity index (χ1n) is 12.0. The molecule has 1 fully saturated rings. The number of carboxylic acid groups (broad SMARTS) is 1. The predicted molar refractivity (Wildman–Crippen MR) is 136 cm³/mol. The van der Waals surface area contributed by atoms with Crippen molar-refractivity contribution >= 4 is 27.6 Å². The van der Waals surface area contributed by atoms with Gasteiger partial charge in [0.05, 0.1) is 17.2 Å². The first kappa shape index (κ1) is 27.4. The quantitative estimate of drug-likeness (QED) is 0.407. The molecular formula is C26H27F3N4O4S. The first-order chi connectivity index (χ1) is 17.9. The highest BCUT2D eigenvalue weighted by Gasteiger charge is 2.36. The van der Waals surface area contributed by atoms with E-state index in [1.165, 1.54) is 18.2 Å². The van der Waals surface area contributed by atoms with Gasteiger partial charge in [0.15, 0.2) is 5.03 Å². The molecule has 1 aliphatic heterocycles. The number of pyridine rings is 2. The zero-order valence-electron chi connectivity index (χ0n) is 20.7. The number of rotatable bonds is 7. The Bertz CT molecular complexity index is 1440. The summed E-state index contributed by atoms with van der Waals surface area (Å²) in [5.41, 5.74) is -0.460. The molecule has 0 radical (unpaired) electrons. The van der Waals surface area contributed by atoms with Gasteiger partial charge in [-0.25, -0.2) is 9.97 Å². The van der Waals surface area contributed by atoms with Crippen molar-refractivity contribution in [3.63, 3.8) is 0 Å². The van der Waals surface area contributed by atoms with E-state index in [-0.39, 0.29) is 34.6 Å². The lowest BCUT2D eigenvalue weighted by atomic mass is 9.93. The van der Waals surface area contributed by atoms with Crippen molar-refractivity contribution in [1.82, 2.24) is 9.97 Å². The summed E-state index contributed by atoms with van der Waals surface area (Å²) in [6, 6.07) is 12.6. The number of carbonyl (C=O) groups is 1. The molecule has 12 heteroatoms. The fraction of sp³-hybridized carbons (Fsp3) is 0.346. The van der Waals surface area contributed by atoms with Gasteiger partial charge in [-0.15, -0.1) is 0 Å². The van der Waals surface area contributed by atoms with Gasteiger partial charge in [-0.2, -0.15) is 21.6 Å². The van der Waals surface area contributed by atoms with Crippen LogP contribution >= 0.6 is 0 Å². The molecule has 1 atom stereocenters. The molecule has 0 saturated carbocycles. The van der Waals surface area contributed by atoms with Gasteiger partial charge < -0.3 is 10.0 Å². The maximum atomic E-state index is 13.9. The number of carboxylic acids is 1. The molecule has 0 amide bonds. The number of alkyl halides is 3. The topological polar surface area (TPSA) is 112 Å². The standard InChI is InChI=1S/C26H27F3N4O4S/c1-16(2)18-8-3-4-9-19(18)24-20(26(27,28)29)12-13-21(30-24)32-38(36,37)23-11-5-10-22(31-23)33-14-6-7-17(15-33)25(34)35/h3-5,8-13,16-17H,6-7,14-15H2,1-2H3,(H,30,32)(H,34,35)/t17-/m1/s1. The lowest BCUT2D eigenvalue weighted by Gasteiger charge is -2.31. The summed E-state index contributed by atoms with van der Waals surface area (Å²) in [4.78, 5) is 21.4. The van der Waals surface area contributed by atoms with E-state index in [0.29, 0.717) is 30.8 Å². The lowest BCUT2D eigenvalue weighted by Crippen LogP contribution is -2.39. The Labute approximate surface area is 218 Å². The Morgan fingerprint density at radius 2 is 1.82 bits per heavy atom. The number of nitrogens with one attached hydrogen (secondary N) is 1. The van der Waals surface area contributed by atoms with Gasteiger partial charge in [0.2, 0.25) is 0 Å². The van der Waals surface area contributed by atoms with Crippen LogP contribution in [0, 0.1) is 5.92 Å². The summed E-state index contributed by atoms with van der Waals surface area (Å²) in [6.07, 6.45) is -3.57. The number of benzene rings is 1. The average Bonchev–Trinajstić information content (AvgIpc) is 2.88. The second-order valence-electron chi connectivity index (χ2n) is 9.40. The average molecular weight is 549 g/mol. The zero-order valence-corrected chi connectivity index (χ0v) is 21.6. The van der Waals surface area contributed by atoms with E-state index in [0.717, 1.165) is 12.1 Å². The molecule has 3 heterocycles. The lowest BCUT2D eigenvalue weighted by molar-refractivity contribution is -0.142. The van der Waals surface area contributed by atoms with Gasteiger partial charge >= 0.3 is 12.1 Å². The Balaban J connectivity index is 1.69. The van der Waals surface area contributed by atoms with Crippen LogP contribution in [0.25, 0.3) is 11.3 Å². The molecule has 3 aromatic rings. The van der Waals surface area contributed by atoms with E-state index in [1.807, 2.05) is 13.8 Å². The minimum absolute atomic E-state index is 0.100. The van der Waals surface area contributed by atoms with Crippen LogP contribution in [0.4, 0.5) is 24.8 Å². The number of piperidine rings is 1. The van der Waals surface area contributed by atoms with Crippen LogP contribution in [0.1, 0.15) is 43.7 Å². The maximum Gasteiger partial charge on any atom is 0.418 e. The fourth-order valence-electron chi connectivity index (χ4n) is 4.47. The van der Waals surface area contributed by atoms with Crippen molar-refractivity contribution in [3.8, 4) is 11.3 Å². The molecule has 0 spiro atoms. The van der Waals surface area contributed by atoms with Crippen LogP contribution in [-0.4, -0.2) is 42.6 Å². The zero-order chi connectivity index (χ0) is 27.7. The molecule has 0 unspecified atom stereocenters. The largest absolute Gasteiger partial charge is 0.481 e. The summed E-state index contributed by atoms with van der Waals surface area (Å²) in [5.74, 6) is -1.61. The van der Waals surface area contributed by atoms with E-state index in [2.05, 4.69) is 14.7 Å². The van der Waals surface area contributed by atoms with Gasteiger partial charge in [-0.3, -0.25) is 9.52 Å². The normalized spacial score (nSPS) is 16.5. The highest BCUT2D eigenvalue weighted by atomic mass is 32.2. The molecule has 1 aromatic carbocycles. The van der Waals surface area contributed by atoms with Crippen LogP contribution in [0.2, 0.25) is 0 Å². The van der Waals surface area contributed by atoms with Crippen molar-refractivity contribution < 1.29 is 31.5 Å². The van der Waals surface area contributed by atoms with Gasteiger partial charge in [0.25, 0.3) is 10.0 Å². The third kappa shape index (κ3) is 5.90. The Kier molecular flexibility index (Phi) is 7.63. The summed E-state index contributed by atoms with van der Waals surface area (Å²) in [7, 11) is -4.33. The molecule has 4 rings (SSSR count). The summed E-state index contributed by atoms with van der Waals surface area (Å²) in [6.45, 7) is 4.40. The second kappa shape index (κ2) is 10.6. The third-order valence-electron chi connectivity index (χ3n) is 6.36. The molecule has 202 valence electrons. The number of aliphatic carboxylic acids is 1. The maximum absolute atomic E-state index is 13.9. The van der Waals surface area contributed by atoms with E-state index in [9.17, 15) is 31.5 Å². The number of hydrogen-bond donors (Lipinski definition) is 2. The Hall–Kier alpha value is -3.67. The van der Waals surface area contributed by atoms with Crippen molar-refractivity contribution in [2.24, 2.45) is 5.92 Å². The van der Waals surface area contributed by atoms with Crippen LogP contribution in [0.5, 0.6) is 0 Å². The van der Waals surface area contributed by atoms with Gasteiger partial charge in [0, 0.05) is 18.7 Å². The third-order valence-corrected chi connectivity index (χ3v) is 7.61. The number of aromatic nitrogens is 2. The molecule has 8 nitrogen and oxygen atoms in total. The number of halogens is 3. The molecule has 2 N–H and O–H groups in total. The SMILES string of the molecule is CC(C)c1ccccc1-c1nc(NS(=O)(=O)c2cccc(N3CCC[C@@H](C(=O)O)C3)n2)ccc1C(F)(F)F. The van der Waals surface area contributed by atoms with Crippen LogP contribution in [0.15, 0.2) is 59.6 Å². The number of sulfonamides is 1. The summed E-state index contributed by atoms with van der Waals surface area (Å²) in [5, 5.41) is 8.98. The van der Waals surface area contributed by atoms with Gasteiger partial charge in [0.1, 0.15) is 11.6 Å². The first-order valence-corrected chi connectivity index (χ1v) is 13.5.